The number of amides is 2. The lowest BCUT2D eigenvalue weighted by Gasteiger charge is -2.05. The van der Waals surface area contributed by atoms with Gasteiger partial charge in [-0.1, -0.05) is 138 Å². The fourth-order valence-electron chi connectivity index (χ4n) is 2.97. The number of allylic oxidation sites excluding steroid dienone is 1. The highest BCUT2D eigenvalue weighted by molar-refractivity contribution is 8.27. The van der Waals surface area contributed by atoms with Gasteiger partial charge in [-0.05, 0) is 49.0 Å². The van der Waals surface area contributed by atoms with Crippen LogP contribution in [0.15, 0.2) is 53.4 Å². The number of hydrogen-bond acceptors (Lipinski definition) is 8. The van der Waals surface area contributed by atoms with E-state index in [1.165, 1.54) is 34.7 Å². The standard InChI is InChI=1S/C13H13NOS2.C10H12O.C3H3NOS2.2C2H6.CH4O/c1-3-9-4-6-10(7-5-9)8(2)11-12(15)14-13(16)17-11;1-3-9-4-6-10(7-5-9)8(2)11;5-2-1-7-3(6)4-2;3*1-2/h4-7H,3H2,1-2H3,(H,14,15,16);4-7H,3H2,1-2H3;1H2,(H,4,5,6);2*1-2H3;2H,1H3/b11-8+;;;;;. The van der Waals surface area contributed by atoms with E-state index in [-0.39, 0.29) is 17.6 Å². The molecule has 3 N–H and O–H groups in total. The third-order valence-electron chi connectivity index (χ3n) is 5.10. The molecule has 0 bridgehead atoms. The van der Waals surface area contributed by atoms with Gasteiger partial charge in [0.15, 0.2) is 5.78 Å². The molecule has 2 aromatic carbocycles. The number of nitrogens with one attached hydrogen (secondary N) is 2. The van der Waals surface area contributed by atoms with Crippen LogP contribution in [0.3, 0.4) is 0 Å². The second-order valence-electron chi connectivity index (χ2n) is 7.58. The molecule has 0 aromatic heterocycles. The van der Waals surface area contributed by atoms with Crippen molar-refractivity contribution in [1.82, 2.24) is 10.6 Å². The Morgan fingerprint density at radius 3 is 1.49 bits per heavy atom. The molecule has 2 aliphatic rings. The first-order valence-electron chi connectivity index (χ1n) is 13.5. The van der Waals surface area contributed by atoms with Crippen molar-refractivity contribution in [3.63, 3.8) is 0 Å². The van der Waals surface area contributed by atoms with Gasteiger partial charge in [-0.15, -0.1) is 0 Å². The lowest BCUT2D eigenvalue weighted by Crippen LogP contribution is -2.18. The number of aryl methyl sites for hydroxylation is 2. The van der Waals surface area contributed by atoms with E-state index < -0.39 is 0 Å². The largest absolute Gasteiger partial charge is 0.400 e. The Morgan fingerprint density at radius 1 is 0.780 bits per heavy atom. The van der Waals surface area contributed by atoms with Crippen LogP contribution in [0.25, 0.3) is 5.57 Å². The van der Waals surface area contributed by atoms with Gasteiger partial charge in [0.05, 0.1) is 10.7 Å². The van der Waals surface area contributed by atoms with Crippen LogP contribution in [0.4, 0.5) is 0 Å². The summed E-state index contributed by atoms with van der Waals surface area (Å²) >= 11 is 12.3. The first kappa shape index (κ1) is 40.8. The molecular weight excluding hydrogens is 593 g/mol. The molecule has 2 heterocycles. The second-order valence-corrected chi connectivity index (χ2v) is 10.9. The maximum Gasteiger partial charge on any atom is 0.263 e. The van der Waals surface area contributed by atoms with Gasteiger partial charge < -0.3 is 15.7 Å². The van der Waals surface area contributed by atoms with Gasteiger partial charge in [0.1, 0.15) is 8.64 Å². The molecule has 10 heteroatoms. The highest BCUT2D eigenvalue weighted by atomic mass is 32.2. The molecular formula is C31H44N2O4S4. The molecule has 2 fully saturated rings. The Bertz CT molecular complexity index is 1130. The van der Waals surface area contributed by atoms with E-state index >= 15 is 0 Å². The van der Waals surface area contributed by atoms with Crippen LogP contribution in [0.5, 0.6) is 0 Å². The summed E-state index contributed by atoms with van der Waals surface area (Å²) in [6.07, 6.45) is 2.05. The van der Waals surface area contributed by atoms with Crippen molar-refractivity contribution in [2.75, 3.05) is 12.9 Å². The van der Waals surface area contributed by atoms with Crippen LogP contribution in [0.1, 0.15) is 82.4 Å². The Hall–Kier alpha value is -2.37. The van der Waals surface area contributed by atoms with E-state index in [0.29, 0.717) is 19.3 Å². The van der Waals surface area contributed by atoms with Crippen LogP contribution in [0.2, 0.25) is 0 Å². The zero-order valence-corrected chi connectivity index (χ0v) is 28.8. The number of aliphatic hydroxyl groups excluding tert-OH is 1. The van der Waals surface area contributed by atoms with Gasteiger partial charge in [-0.3, -0.25) is 14.4 Å². The Balaban J connectivity index is 0. The van der Waals surface area contributed by atoms with Crippen molar-refractivity contribution in [1.29, 1.82) is 0 Å². The first-order chi connectivity index (χ1) is 19.6. The fourth-order valence-corrected chi connectivity index (χ4v) is 4.87. The minimum atomic E-state index is -0.0860. The average molecular weight is 637 g/mol. The molecule has 0 aliphatic carbocycles. The van der Waals surface area contributed by atoms with Gasteiger partial charge in [0, 0.05) is 12.7 Å². The maximum absolute atomic E-state index is 11.6. The lowest BCUT2D eigenvalue weighted by atomic mass is 10.0. The molecule has 6 nitrogen and oxygen atoms in total. The van der Waals surface area contributed by atoms with Crippen LogP contribution in [0, 0.1) is 0 Å². The molecule has 2 amide bonds. The Kier molecular flexibility index (Phi) is 24.1. The Morgan fingerprint density at radius 2 is 1.22 bits per heavy atom. The first-order valence-corrected chi connectivity index (χ1v) is 16.1. The Labute approximate surface area is 265 Å². The number of benzene rings is 2. The number of carbonyl (C=O) groups is 3. The van der Waals surface area contributed by atoms with Crippen molar-refractivity contribution in [2.24, 2.45) is 0 Å². The highest BCUT2D eigenvalue weighted by Crippen LogP contribution is 2.31. The normalized spacial score (nSPS) is 14.0. The van der Waals surface area contributed by atoms with Crippen molar-refractivity contribution < 1.29 is 19.5 Å². The summed E-state index contributed by atoms with van der Waals surface area (Å²) in [6, 6.07) is 16.0. The molecule has 0 atom stereocenters. The van der Waals surface area contributed by atoms with Crippen LogP contribution < -0.4 is 10.6 Å². The van der Waals surface area contributed by atoms with E-state index in [1.54, 1.807) is 6.92 Å². The van der Waals surface area contributed by atoms with E-state index in [1.807, 2.05) is 58.9 Å². The monoisotopic (exact) mass is 636 g/mol. The number of rotatable bonds is 4. The summed E-state index contributed by atoms with van der Waals surface area (Å²) in [5.41, 5.74) is 5.42. The molecule has 0 spiro atoms. The molecule has 0 unspecified atom stereocenters. The molecule has 0 saturated carbocycles. The summed E-state index contributed by atoms with van der Waals surface area (Å²) in [6.45, 7) is 15.8. The van der Waals surface area contributed by atoms with E-state index in [4.69, 9.17) is 17.3 Å². The quantitative estimate of drug-likeness (QED) is 0.182. The summed E-state index contributed by atoms with van der Waals surface area (Å²) in [5, 5.41) is 12.1. The number of carbonyl (C=O) groups excluding carboxylic acids is 3. The highest BCUT2D eigenvalue weighted by Gasteiger charge is 2.24. The van der Waals surface area contributed by atoms with Crippen LogP contribution in [-0.2, 0) is 22.4 Å². The molecule has 41 heavy (non-hydrogen) atoms. The fraction of sp³-hybridized carbons (Fsp3) is 0.387. The molecule has 2 saturated heterocycles. The van der Waals surface area contributed by atoms with Crippen molar-refractivity contribution in [3.05, 3.63) is 75.7 Å². The van der Waals surface area contributed by atoms with Gasteiger partial charge in [-0.2, -0.15) is 0 Å². The van der Waals surface area contributed by atoms with E-state index in [2.05, 4.69) is 61.0 Å². The van der Waals surface area contributed by atoms with Crippen LogP contribution >= 0.6 is 48.0 Å². The van der Waals surface area contributed by atoms with Crippen molar-refractivity contribution in [2.45, 2.75) is 68.2 Å². The maximum atomic E-state index is 11.6. The van der Waals surface area contributed by atoms with E-state index in [9.17, 15) is 14.4 Å². The number of hydrogen-bond donors (Lipinski definition) is 3. The van der Waals surface area contributed by atoms with Gasteiger partial charge in [-0.25, -0.2) is 0 Å². The predicted octanol–water partition coefficient (Wildman–Crippen LogP) is 7.37. The minimum Gasteiger partial charge on any atom is -0.400 e. The third-order valence-corrected chi connectivity index (χ3v) is 7.66. The smallest absolute Gasteiger partial charge is 0.263 e. The third kappa shape index (κ3) is 16.0. The zero-order valence-electron chi connectivity index (χ0n) is 25.5. The minimum absolute atomic E-state index is 0.0231. The second kappa shape index (κ2) is 24.2. The molecule has 0 radical (unpaired) electrons. The van der Waals surface area contributed by atoms with Crippen molar-refractivity contribution in [3.8, 4) is 0 Å². The van der Waals surface area contributed by atoms with E-state index in [0.717, 1.165) is 36.7 Å². The number of thioether (sulfide) groups is 2. The zero-order chi connectivity index (χ0) is 32.0. The lowest BCUT2D eigenvalue weighted by molar-refractivity contribution is -0.117. The number of thiocarbonyl (C=S) groups is 2. The van der Waals surface area contributed by atoms with Gasteiger partial charge in [0.2, 0.25) is 5.91 Å². The van der Waals surface area contributed by atoms with Crippen molar-refractivity contribution >= 4 is 79.8 Å². The topological polar surface area (TPSA) is 95.5 Å². The summed E-state index contributed by atoms with van der Waals surface area (Å²) in [4.78, 5) is 33.4. The number of Topliss-reactive ketones (excluding diaryl/α,β-unsaturated/α-hetero) is 1. The number of ketones is 1. The van der Waals surface area contributed by atoms with Gasteiger partial charge >= 0.3 is 0 Å². The SMILES string of the molecule is CC.CC.CCc1ccc(/C(C)=C2/SC(=S)NC2=O)cc1.CCc1ccc(C(C)=O)cc1.CO.O=C1CSC(=S)N1. The summed E-state index contributed by atoms with van der Waals surface area (Å²) in [7, 11) is 1.00. The molecule has 2 aromatic rings. The molecule has 2 aliphatic heterocycles. The summed E-state index contributed by atoms with van der Waals surface area (Å²) < 4.78 is 1.14. The number of aliphatic hydroxyl groups is 1. The van der Waals surface area contributed by atoms with Gasteiger partial charge in [0.25, 0.3) is 5.91 Å². The average Bonchev–Trinajstić information content (AvgIpc) is 3.57. The molecule has 226 valence electrons. The predicted molar refractivity (Wildman–Crippen MR) is 187 cm³/mol. The van der Waals surface area contributed by atoms with Crippen LogP contribution in [-0.4, -0.2) is 44.2 Å². The molecule has 4 rings (SSSR count). The summed E-state index contributed by atoms with van der Waals surface area (Å²) in [5.74, 6) is 0.568.